The van der Waals surface area contributed by atoms with Crippen molar-refractivity contribution >= 4 is 11.6 Å². The van der Waals surface area contributed by atoms with Gasteiger partial charge in [-0.2, -0.15) is 0 Å². The Hall–Kier alpha value is -1.45. The van der Waals surface area contributed by atoms with Crippen LogP contribution in [0.4, 0.5) is 10.1 Å². The number of alkyl halides is 1. The molecule has 0 N–H and O–H groups in total. The van der Waals surface area contributed by atoms with Gasteiger partial charge < -0.3 is 4.90 Å². The highest BCUT2D eigenvalue weighted by molar-refractivity contribution is 5.98. The van der Waals surface area contributed by atoms with Gasteiger partial charge in [0.15, 0.2) is 5.67 Å². The molecule has 0 saturated carbocycles. The van der Waals surface area contributed by atoms with Crippen LogP contribution in [0.1, 0.15) is 13.8 Å². The number of nitrogens with zero attached hydrogens (tertiary/aromatic N) is 2. The maximum Gasteiger partial charge on any atom is 0.263 e. The molecule has 14 heavy (non-hydrogen) atoms. The van der Waals surface area contributed by atoms with Crippen molar-refractivity contribution in [3.8, 4) is 0 Å². The predicted octanol–water partition coefficient (Wildman–Crippen LogP) is 1.79. The van der Waals surface area contributed by atoms with Crippen molar-refractivity contribution in [2.24, 2.45) is 0 Å². The SMILES string of the molecule is CN(C(=O)C(C)(C)F)c1ccncc1. The second-order valence-corrected chi connectivity index (χ2v) is 3.54. The molecule has 0 fully saturated rings. The average molecular weight is 196 g/mol. The lowest BCUT2D eigenvalue weighted by molar-refractivity contribution is -0.127. The van der Waals surface area contributed by atoms with Crippen LogP contribution < -0.4 is 4.90 Å². The number of rotatable bonds is 2. The number of halogens is 1. The molecule has 1 aromatic rings. The zero-order chi connectivity index (χ0) is 10.8. The molecular formula is C10H13FN2O. The first-order valence-corrected chi connectivity index (χ1v) is 4.30. The molecular weight excluding hydrogens is 183 g/mol. The van der Waals surface area contributed by atoms with Crippen molar-refractivity contribution in [2.45, 2.75) is 19.5 Å². The molecule has 0 aliphatic heterocycles. The molecule has 1 amide bonds. The summed E-state index contributed by atoms with van der Waals surface area (Å²) in [6.07, 6.45) is 3.12. The standard InChI is InChI=1S/C10H13FN2O/c1-10(2,11)9(14)13(3)8-4-6-12-7-5-8/h4-7H,1-3H3. The average Bonchev–Trinajstić information content (AvgIpc) is 2.15. The maximum absolute atomic E-state index is 13.3. The van der Waals surface area contributed by atoms with Crippen molar-refractivity contribution in [2.75, 3.05) is 11.9 Å². The first kappa shape index (κ1) is 10.6. The van der Waals surface area contributed by atoms with Crippen LogP contribution in [-0.2, 0) is 4.79 Å². The molecule has 0 aromatic carbocycles. The van der Waals surface area contributed by atoms with Gasteiger partial charge in [0.1, 0.15) is 0 Å². The first-order valence-electron chi connectivity index (χ1n) is 4.30. The van der Waals surface area contributed by atoms with Crippen LogP contribution in [-0.4, -0.2) is 23.6 Å². The molecule has 4 heteroatoms. The molecule has 1 aromatic heterocycles. The second kappa shape index (κ2) is 3.74. The summed E-state index contributed by atoms with van der Waals surface area (Å²) in [5.74, 6) is -0.566. The third-order valence-corrected chi connectivity index (χ3v) is 1.86. The largest absolute Gasteiger partial charge is 0.313 e. The summed E-state index contributed by atoms with van der Waals surface area (Å²) < 4.78 is 13.3. The number of carbonyl (C=O) groups is 1. The molecule has 1 heterocycles. The molecule has 0 unspecified atom stereocenters. The number of hydrogen-bond donors (Lipinski definition) is 0. The van der Waals surface area contributed by atoms with E-state index < -0.39 is 11.6 Å². The van der Waals surface area contributed by atoms with Crippen LogP contribution >= 0.6 is 0 Å². The number of amides is 1. The highest BCUT2D eigenvalue weighted by Crippen LogP contribution is 2.17. The fourth-order valence-electron chi connectivity index (χ4n) is 1.08. The Bertz CT molecular complexity index is 319. The van der Waals surface area contributed by atoms with Gasteiger partial charge >= 0.3 is 0 Å². The molecule has 0 bridgehead atoms. The maximum atomic E-state index is 13.3. The zero-order valence-electron chi connectivity index (χ0n) is 8.49. The minimum Gasteiger partial charge on any atom is -0.313 e. The third-order valence-electron chi connectivity index (χ3n) is 1.86. The lowest BCUT2D eigenvalue weighted by Crippen LogP contribution is -2.40. The monoisotopic (exact) mass is 196 g/mol. The lowest BCUT2D eigenvalue weighted by Gasteiger charge is -2.22. The Morgan fingerprint density at radius 1 is 1.43 bits per heavy atom. The van der Waals surface area contributed by atoms with Gasteiger partial charge in [0, 0.05) is 25.1 Å². The molecule has 3 nitrogen and oxygen atoms in total. The summed E-state index contributed by atoms with van der Waals surface area (Å²) in [7, 11) is 1.54. The minimum atomic E-state index is -1.85. The van der Waals surface area contributed by atoms with Gasteiger partial charge in [0.2, 0.25) is 0 Å². The Morgan fingerprint density at radius 3 is 2.36 bits per heavy atom. The van der Waals surface area contributed by atoms with Gasteiger partial charge in [-0.3, -0.25) is 9.78 Å². The summed E-state index contributed by atoms with van der Waals surface area (Å²) in [6.45, 7) is 2.49. The fourth-order valence-corrected chi connectivity index (χ4v) is 1.08. The summed E-state index contributed by atoms with van der Waals surface area (Å²) >= 11 is 0. The zero-order valence-corrected chi connectivity index (χ0v) is 8.49. The molecule has 0 aliphatic rings. The predicted molar refractivity (Wildman–Crippen MR) is 52.8 cm³/mol. The second-order valence-electron chi connectivity index (χ2n) is 3.54. The van der Waals surface area contributed by atoms with Crippen molar-refractivity contribution in [3.05, 3.63) is 24.5 Å². The normalized spacial score (nSPS) is 11.1. The Balaban J connectivity index is 2.87. The van der Waals surface area contributed by atoms with E-state index >= 15 is 0 Å². The van der Waals surface area contributed by atoms with E-state index in [-0.39, 0.29) is 0 Å². The first-order chi connectivity index (χ1) is 6.43. The summed E-state index contributed by atoms with van der Waals surface area (Å²) in [4.78, 5) is 16.6. The minimum absolute atomic E-state index is 0.566. The summed E-state index contributed by atoms with van der Waals surface area (Å²) in [5, 5.41) is 0. The molecule has 0 atom stereocenters. The van der Waals surface area contributed by atoms with Crippen LogP contribution in [0, 0.1) is 0 Å². The van der Waals surface area contributed by atoms with Crippen LogP contribution in [0.3, 0.4) is 0 Å². The van der Waals surface area contributed by atoms with E-state index in [1.54, 1.807) is 31.6 Å². The van der Waals surface area contributed by atoms with Crippen molar-refractivity contribution in [3.63, 3.8) is 0 Å². The van der Waals surface area contributed by atoms with Crippen LogP contribution in [0.25, 0.3) is 0 Å². The van der Waals surface area contributed by atoms with E-state index in [4.69, 9.17) is 0 Å². The molecule has 0 radical (unpaired) electrons. The molecule has 1 rings (SSSR count). The molecule has 0 saturated heterocycles. The van der Waals surface area contributed by atoms with E-state index in [1.807, 2.05) is 0 Å². The van der Waals surface area contributed by atoms with E-state index in [2.05, 4.69) is 4.98 Å². The lowest BCUT2D eigenvalue weighted by atomic mass is 10.1. The summed E-state index contributed by atoms with van der Waals surface area (Å²) in [6, 6.07) is 3.31. The molecule has 0 spiro atoms. The van der Waals surface area contributed by atoms with Gasteiger partial charge in [-0.25, -0.2) is 4.39 Å². The number of hydrogen-bond acceptors (Lipinski definition) is 2. The number of anilines is 1. The summed E-state index contributed by atoms with van der Waals surface area (Å²) in [5.41, 5.74) is -1.21. The van der Waals surface area contributed by atoms with Crippen LogP contribution in [0.15, 0.2) is 24.5 Å². The Morgan fingerprint density at radius 2 is 1.93 bits per heavy atom. The van der Waals surface area contributed by atoms with Crippen molar-refractivity contribution in [1.82, 2.24) is 4.98 Å². The van der Waals surface area contributed by atoms with Crippen LogP contribution in [0.2, 0.25) is 0 Å². The number of aromatic nitrogens is 1. The van der Waals surface area contributed by atoms with Crippen molar-refractivity contribution in [1.29, 1.82) is 0 Å². The van der Waals surface area contributed by atoms with E-state index in [0.717, 1.165) is 0 Å². The third kappa shape index (κ3) is 2.28. The quantitative estimate of drug-likeness (QED) is 0.722. The smallest absolute Gasteiger partial charge is 0.263 e. The van der Waals surface area contributed by atoms with E-state index in [0.29, 0.717) is 5.69 Å². The topological polar surface area (TPSA) is 33.2 Å². The van der Waals surface area contributed by atoms with Gasteiger partial charge in [0.25, 0.3) is 5.91 Å². The molecule has 0 aliphatic carbocycles. The Labute approximate surface area is 82.6 Å². The number of pyridine rings is 1. The van der Waals surface area contributed by atoms with Gasteiger partial charge in [-0.05, 0) is 26.0 Å². The highest BCUT2D eigenvalue weighted by Gasteiger charge is 2.30. The van der Waals surface area contributed by atoms with E-state index in [9.17, 15) is 9.18 Å². The Kier molecular flexibility index (Phi) is 2.84. The van der Waals surface area contributed by atoms with Gasteiger partial charge in [-0.1, -0.05) is 0 Å². The van der Waals surface area contributed by atoms with E-state index in [1.165, 1.54) is 18.7 Å². The fraction of sp³-hybridized carbons (Fsp3) is 0.400. The molecule has 76 valence electrons. The van der Waals surface area contributed by atoms with Crippen molar-refractivity contribution < 1.29 is 9.18 Å². The van der Waals surface area contributed by atoms with Crippen LogP contribution in [0.5, 0.6) is 0 Å². The van der Waals surface area contributed by atoms with Gasteiger partial charge in [-0.15, -0.1) is 0 Å². The number of carbonyl (C=O) groups excluding carboxylic acids is 1. The van der Waals surface area contributed by atoms with Gasteiger partial charge in [0.05, 0.1) is 0 Å². The highest BCUT2D eigenvalue weighted by atomic mass is 19.1.